The zero-order chi connectivity index (χ0) is 25.9. The van der Waals surface area contributed by atoms with Crippen LogP contribution in [0, 0.1) is 6.92 Å². The van der Waals surface area contributed by atoms with Crippen molar-refractivity contribution in [3.05, 3.63) is 71.3 Å². The molecule has 0 amide bonds. The van der Waals surface area contributed by atoms with Crippen molar-refractivity contribution in [3.63, 3.8) is 0 Å². The lowest BCUT2D eigenvalue weighted by Crippen LogP contribution is -2.46. The van der Waals surface area contributed by atoms with Crippen molar-refractivity contribution in [2.45, 2.75) is 33.1 Å². The summed E-state index contributed by atoms with van der Waals surface area (Å²) in [6, 6.07) is 18.1. The second-order valence-corrected chi connectivity index (χ2v) is 10.2. The van der Waals surface area contributed by atoms with E-state index in [-0.39, 0.29) is 11.4 Å². The summed E-state index contributed by atoms with van der Waals surface area (Å²) in [4.78, 5) is 21.9. The summed E-state index contributed by atoms with van der Waals surface area (Å²) in [7, 11) is 3.08. The van der Waals surface area contributed by atoms with Crippen LogP contribution >= 0.6 is 0 Å². The Morgan fingerprint density at radius 2 is 1.58 bits per heavy atom. The monoisotopic (exact) mass is 488 g/mol. The van der Waals surface area contributed by atoms with Crippen LogP contribution in [0.3, 0.4) is 0 Å². The maximum absolute atomic E-state index is 12.5. The summed E-state index contributed by atoms with van der Waals surface area (Å²) >= 11 is 0. The number of esters is 1. The highest BCUT2D eigenvalue weighted by Gasteiger charge is 2.21. The number of nitrogens with zero attached hydrogens (tertiary/aromatic N) is 3. The molecule has 1 fully saturated rings. The number of piperazine rings is 1. The molecule has 0 atom stereocenters. The van der Waals surface area contributed by atoms with Gasteiger partial charge in [0.15, 0.2) is 0 Å². The summed E-state index contributed by atoms with van der Waals surface area (Å²) in [6.07, 6.45) is 0. The van der Waals surface area contributed by atoms with Gasteiger partial charge in [0.25, 0.3) is 0 Å². The van der Waals surface area contributed by atoms with Gasteiger partial charge < -0.3 is 24.6 Å². The summed E-state index contributed by atoms with van der Waals surface area (Å²) in [5.41, 5.74) is 5.00. The second kappa shape index (κ2) is 10.5. The van der Waals surface area contributed by atoms with Gasteiger partial charge in [-0.1, -0.05) is 32.9 Å². The van der Waals surface area contributed by atoms with E-state index in [4.69, 9.17) is 14.5 Å². The fraction of sp³-hybridized carbons (Fsp3) is 0.379. The van der Waals surface area contributed by atoms with Gasteiger partial charge in [0.1, 0.15) is 17.4 Å². The molecule has 4 rings (SSSR count). The van der Waals surface area contributed by atoms with Gasteiger partial charge in [-0.2, -0.15) is 0 Å². The Morgan fingerprint density at radius 1 is 0.917 bits per heavy atom. The topological polar surface area (TPSA) is 66.9 Å². The summed E-state index contributed by atoms with van der Waals surface area (Å²) < 4.78 is 10.3. The molecule has 7 nitrogen and oxygen atoms in total. The third-order valence-electron chi connectivity index (χ3n) is 6.64. The van der Waals surface area contributed by atoms with E-state index in [9.17, 15) is 4.79 Å². The SMILES string of the molecule is COC(=O)c1cc(Nc2cc(C(C)(C)C)ccc2C)nc(N2CCN(c3ccc(OC)cc3)CC2)c1. The van der Waals surface area contributed by atoms with Crippen molar-refractivity contribution >= 4 is 29.0 Å². The number of ether oxygens (including phenoxy) is 2. The Bertz CT molecular complexity index is 1210. The highest BCUT2D eigenvalue weighted by molar-refractivity contribution is 5.91. The van der Waals surface area contributed by atoms with E-state index in [2.05, 4.69) is 73.1 Å². The van der Waals surface area contributed by atoms with Crippen molar-refractivity contribution in [2.75, 3.05) is 55.5 Å². The Labute approximate surface area is 214 Å². The molecular weight excluding hydrogens is 452 g/mol. The number of anilines is 4. The summed E-state index contributed by atoms with van der Waals surface area (Å²) in [6.45, 7) is 11.9. The van der Waals surface area contributed by atoms with Crippen LogP contribution in [0.15, 0.2) is 54.6 Å². The Kier molecular flexibility index (Phi) is 7.38. The van der Waals surface area contributed by atoms with Crippen LogP contribution in [0.1, 0.15) is 42.3 Å². The summed E-state index contributed by atoms with van der Waals surface area (Å²) in [5, 5.41) is 3.46. The predicted octanol–water partition coefficient (Wildman–Crippen LogP) is 5.55. The fourth-order valence-electron chi connectivity index (χ4n) is 4.33. The maximum atomic E-state index is 12.5. The molecule has 1 aromatic heterocycles. The Balaban J connectivity index is 1.57. The molecule has 3 aromatic rings. The van der Waals surface area contributed by atoms with Gasteiger partial charge >= 0.3 is 5.97 Å². The average Bonchev–Trinajstić information content (AvgIpc) is 2.88. The maximum Gasteiger partial charge on any atom is 0.338 e. The van der Waals surface area contributed by atoms with Crippen LogP contribution in [0.4, 0.5) is 23.0 Å². The molecule has 0 saturated carbocycles. The largest absolute Gasteiger partial charge is 0.497 e. The van der Waals surface area contributed by atoms with Crippen LogP contribution in [0.5, 0.6) is 5.75 Å². The molecule has 1 saturated heterocycles. The lowest BCUT2D eigenvalue weighted by Gasteiger charge is -2.37. The molecule has 2 heterocycles. The van der Waals surface area contributed by atoms with E-state index in [0.717, 1.165) is 49.0 Å². The molecule has 7 heteroatoms. The van der Waals surface area contributed by atoms with Crippen LogP contribution in [-0.4, -0.2) is 51.4 Å². The van der Waals surface area contributed by atoms with Crippen molar-refractivity contribution < 1.29 is 14.3 Å². The third-order valence-corrected chi connectivity index (χ3v) is 6.64. The van der Waals surface area contributed by atoms with E-state index < -0.39 is 0 Å². The molecule has 0 unspecified atom stereocenters. The van der Waals surface area contributed by atoms with Gasteiger partial charge in [0, 0.05) is 37.6 Å². The minimum atomic E-state index is -0.376. The molecular formula is C29H36N4O3. The van der Waals surface area contributed by atoms with Crippen LogP contribution < -0.4 is 19.9 Å². The lowest BCUT2D eigenvalue weighted by molar-refractivity contribution is 0.0600. The molecule has 36 heavy (non-hydrogen) atoms. The molecule has 1 aliphatic heterocycles. The standard InChI is InChI=1S/C29H36N4O3/c1-20-7-8-22(29(2,3)4)19-25(20)30-26-17-21(28(34)36-6)18-27(31-26)33-15-13-32(14-16-33)23-9-11-24(35-5)12-10-23/h7-12,17-19H,13-16H2,1-6H3,(H,30,31). The summed E-state index contributed by atoms with van der Waals surface area (Å²) in [5.74, 6) is 1.86. The third kappa shape index (κ3) is 5.73. The number of aryl methyl sites for hydroxylation is 1. The van der Waals surface area contributed by atoms with E-state index in [1.54, 1.807) is 13.2 Å². The molecule has 0 aliphatic carbocycles. The number of hydrogen-bond donors (Lipinski definition) is 1. The normalized spacial score (nSPS) is 13.9. The van der Waals surface area contributed by atoms with Crippen LogP contribution in [0.2, 0.25) is 0 Å². The highest BCUT2D eigenvalue weighted by Crippen LogP contribution is 2.30. The lowest BCUT2D eigenvalue weighted by atomic mass is 9.86. The van der Waals surface area contributed by atoms with Gasteiger partial charge in [-0.05, 0) is 65.9 Å². The van der Waals surface area contributed by atoms with Crippen LogP contribution in [-0.2, 0) is 10.2 Å². The van der Waals surface area contributed by atoms with Gasteiger partial charge in [0.2, 0.25) is 0 Å². The number of benzene rings is 2. The van der Waals surface area contributed by atoms with Gasteiger partial charge in [-0.3, -0.25) is 0 Å². The Hall–Kier alpha value is -3.74. The number of pyridine rings is 1. The fourth-order valence-corrected chi connectivity index (χ4v) is 4.33. The molecule has 190 valence electrons. The van der Waals surface area contributed by atoms with Gasteiger partial charge in [-0.15, -0.1) is 0 Å². The minimum absolute atomic E-state index is 0.0279. The number of carbonyl (C=O) groups is 1. The Morgan fingerprint density at radius 3 is 2.19 bits per heavy atom. The first-order valence-corrected chi connectivity index (χ1v) is 12.3. The molecule has 2 aromatic carbocycles. The molecule has 1 N–H and O–H groups in total. The first-order valence-electron chi connectivity index (χ1n) is 12.3. The van der Waals surface area contributed by atoms with E-state index in [1.807, 2.05) is 18.2 Å². The first kappa shape index (κ1) is 25.4. The number of rotatable bonds is 6. The minimum Gasteiger partial charge on any atom is -0.497 e. The highest BCUT2D eigenvalue weighted by atomic mass is 16.5. The van der Waals surface area contributed by atoms with Crippen molar-refractivity contribution in [1.29, 1.82) is 0 Å². The number of methoxy groups -OCH3 is 2. The number of carbonyl (C=O) groups excluding carboxylic acids is 1. The van der Waals surface area contributed by atoms with Crippen molar-refractivity contribution in [1.82, 2.24) is 4.98 Å². The quantitative estimate of drug-likeness (QED) is 0.456. The molecule has 0 radical (unpaired) electrons. The van der Waals surface area contributed by atoms with Gasteiger partial charge in [0.05, 0.1) is 19.8 Å². The average molecular weight is 489 g/mol. The molecule has 0 spiro atoms. The van der Waals surface area contributed by atoms with E-state index in [0.29, 0.717) is 11.4 Å². The van der Waals surface area contributed by atoms with Crippen LogP contribution in [0.25, 0.3) is 0 Å². The van der Waals surface area contributed by atoms with E-state index in [1.165, 1.54) is 18.4 Å². The number of nitrogens with one attached hydrogen (secondary N) is 1. The smallest absolute Gasteiger partial charge is 0.338 e. The second-order valence-electron chi connectivity index (χ2n) is 10.2. The van der Waals surface area contributed by atoms with Gasteiger partial charge in [-0.25, -0.2) is 9.78 Å². The van der Waals surface area contributed by atoms with Crippen molar-refractivity contribution in [2.24, 2.45) is 0 Å². The predicted molar refractivity (Wildman–Crippen MR) is 146 cm³/mol. The number of hydrogen-bond acceptors (Lipinski definition) is 7. The van der Waals surface area contributed by atoms with E-state index >= 15 is 0 Å². The zero-order valence-corrected chi connectivity index (χ0v) is 22.1. The zero-order valence-electron chi connectivity index (χ0n) is 22.1. The number of aromatic nitrogens is 1. The molecule has 0 bridgehead atoms. The molecule has 1 aliphatic rings. The first-order chi connectivity index (χ1) is 17.2. The van der Waals surface area contributed by atoms with Crippen molar-refractivity contribution in [3.8, 4) is 5.75 Å².